The van der Waals surface area contributed by atoms with Gasteiger partial charge in [-0.05, 0) is 24.3 Å². The van der Waals surface area contributed by atoms with Crippen LogP contribution in [-0.4, -0.2) is 29.1 Å². The van der Waals surface area contributed by atoms with Crippen molar-refractivity contribution < 1.29 is 0 Å². The number of hydrogen-bond donors (Lipinski definition) is 2. The predicted octanol–water partition coefficient (Wildman–Crippen LogP) is 2.62. The van der Waals surface area contributed by atoms with Gasteiger partial charge in [0.25, 0.3) is 0 Å². The minimum absolute atomic E-state index is 0. The van der Waals surface area contributed by atoms with E-state index >= 15 is 0 Å². The molecule has 1 aromatic heterocycles. The first-order valence-electron chi connectivity index (χ1n) is 7.83. The zero-order valence-corrected chi connectivity index (χ0v) is 15.7. The molecule has 3 rings (SSSR count). The summed E-state index contributed by atoms with van der Waals surface area (Å²) < 4.78 is 2.16. The Hall–Kier alpha value is -1.57. The largest absolute Gasteiger partial charge is 0.356 e. The summed E-state index contributed by atoms with van der Waals surface area (Å²) in [4.78, 5) is 8.70. The lowest BCUT2D eigenvalue weighted by molar-refractivity contribution is 0.680. The average Bonchev–Trinajstić information content (AvgIpc) is 3.28. The Morgan fingerprint density at radius 2 is 2.04 bits per heavy atom. The maximum atomic E-state index is 4.44. The van der Waals surface area contributed by atoms with Crippen molar-refractivity contribution in [3.63, 3.8) is 0 Å². The van der Waals surface area contributed by atoms with Crippen LogP contribution in [0.1, 0.15) is 24.2 Å². The van der Waals surface area contributed by atoms with Gasteiger partial charge in [-0.25, -0.2) is 4.98 Å². The second-order valence-electron chi connectivity index (χ2n) is 5.71. The monoisotopic (exact) mass is 425 g/mol. The van der Waals surface area contributed by atoms with E-state index in [4.69, 9.17) is 0 Å². The molecule has 0 spiro atoms. The van der Waals surface area contributed by atoms with Crippen LogP contribution in [0.5, 0.6) is 0 Å². The van der Waals surface area contributed by atoms with Gasteiger partial charge in [-0.1, -0.05) is 30.3 Å². The Kier molecular flexibility index (Phi) is 6.88. The van der Waals surface area contributed by atoms with Crippen LogP contribution >= 0.6 is 24.0 Å². The third-order valence-electron chi connectivity index (χ3n) is 3.89. The molecule has 1 saturated carbocycles. The molecule has 0 bridgehead atoms. The molecule has 1 aromatic carbocycles. The SMILES string of the molecule is CN=C(NCc1nccn1Cc1ccccc1)NCC1CC1.I. The Morgan fingerprint density at radius 1 is 1.26 bits per heavy atom. The molecule has 23 heavy (non-hydrogen) atoms. The maximum Gasteiger partial charge on any atom is 0.191 e. The van der Waals surface area contributed by atoms with Gasteiger partial charge in [0.1, 0.15) is 5.82 Å². The lowest BCUT2D eigenvalue weighted by Crippen LogP contribution is -2.38. The van der Waals surface area contributed by atoms with Crippen molar-refractivity contribution in [3.05, 3.63) is 54.1 Å². The molecule has 1 aliphatic rings. The van der Waals surface area contributed by atoms with E-state index in [1.807, 2.05) is 18.5 Å². The Balaban J connectivity index is 0.00000192. The number of hydrogen-bond acceptors (Lipinski definition) is 2. The molecule has 0 unspecified atom stereocenters. The predicted molar refractivity (Wildman–Crippen MR) is 104 cm³/mol. The normalized spacial score (nSPS) is 14.2. The van der Waals surface area contributed by atoms with Gasteiger partial charge in [0.15, 0.2) is 5.96 Å². The molecular formula is C17H24IN5. The van der Waals surface area contributed by atoms with Crippen LogP contribution in [0.2, 0.25) is 0 Å². The third-order valence-corrected chi connectivity index (χ3v) is 3.89. The highest BCUT2D eigenvalue weighted by Crippen LogP contribution is 2.27. The van der Waals surface area contributed by atoms with Crippen LogP contribution < -0.4 is 10.6 Å². The summed E-state index contributed by atoms with van der Waals surface area (Å²) in [5, 5.41) is 6.70. The van der Waals surface area contributed by atoms with Crippen LogP contribution in [0.3, 0.4) is 0 Å². The minimum Gasteiger partial charge on any atom is -0.356 e. The number of nitrogens with zero attached hydrogens (tertiary/aromatic N) is 3. The Labute approximate surface area is 154 Å². The number of rotatable bonds is 6. The molecule has 1 fully saturated rings. The lowest BCUT2D eigenvalue weighted by Gasteiger charge is -2.12. The molecule has 2 aromatic rings. The van der Waals surface area contributed by atoms with E-state index in [1.165, 1.54) is 18.4 Å². The first-order valence-corrected chi connectivity index (χ1v) is 7.83. The summed E-state index contributed by atoms with van der Waals surface area (Å²) in [6, 6.07) is 10.4. The van der Waals surface area contributed by atoms with Crippen molar-refractivity contribution >= 4 is 29.9 Å². The van der Waals surface area contributed by atoms with Gasteiger partial charge in [-0.2, -0.15) is 0 Å². The summed E-state index contributed by atoms with van der Waals surface area (Å²) in [7, 11) is 1.80. The number of guanidine groups is 1. The van der Waals surface area contributed by atoms with E-state index in [2.05, 4.69) is 49.4 Å². The smallest absolute Gasteiger partial charge is 0.191 e. The molecule has 124 valence electrons. The van der Waals surface area contributed by atoms with Gasteiger partial charge in [0.2, 0.25) is 0 Å². The summed E-state index contributed by atoms with van der Waals surface area (Å²) >= 11 is 0. The topological polar surface area (TPSA) is 54.2 Å². The highest BCUT2D eigenvalue weighted by atomic mass is 127. The Bertz CT molecular complexity index is 619. The van der Waals surface area contributed by atoms with Crippen LogP contribution in [0.4, 0.5) is 0 Å². The van der Waals surface area contributed by atoms with Gasteiger partial charge < -0.3 is 15.2 Å². The molecule has 0 atom stereocenters. The number of nitrogens with one attached hydrogen (secondary N) is 2. The molecule has 0 radical (unpaired) electrons. The Morgan fingerprint density at radius 3 is 2.74 bits per heavy atom. The highest BCUT2D eigenvalue weighted by Gasteiger charge is 2.21. The fourth-order valence-electron chi connectivity index (χ4n) is 2.38. The summed E-state index contributed by atoms with van der Waals surface area (Å²) in [5.41, 5.74) is 1.28. The van der Waals surface area contributed by atoms with Crippen LogP contribution in [0.25, 0.3) is 0 Å². The fourth-order valence-corrected chi connectivity index (χ4v) is 2.38. The summed E-state index contributed by atoms with van der Waals surface area (Å²) in [6.07, 6.45) is 6.54. The zero-order chi connectivity index (χ0) is 15.2. The number of imidazole rings is 1. The second kappa shape index (κ2) is 8.90. The van der Waals surface area contributed by atoms with Crippen molar-refractivity contribution in [3.8, 4) is 0 Å². The molecular weight excluding hydrogens is 401 g/mol. The second-order valence-corrected chi connectivity index (χ2v) is 5.71. The van der Waals surface area contributed by atoms with Crippen molar-refractivity contribution in [2.45, 2.75) is 25.9 Å². The van der Waals surface area contributed by atoms with Gasteiger partial charge >= 0.3 is 0 Å². The van der Waals surface area contributed by atoms with Crippen LogP contribution in [0.15, 0.2) is 47.7 Å². The molecule has 5 nitrogen and oxygen atoms in total. The molecule has 2 N–H and O–H groups in total. The van der Waals surface area contributed by atoms with Gasteiger partial charge in [0.05, 0.1) is 6.54 Å². The van der Waals surface area contributed by atoms with E-state index < -0.39 is 0 Å². The average molecular weight is 425 g/mol. The third kappa shape index (κ3) is 5.53. The number of aromatic nitrogens is 2. The molecule has 1 heterocycles. The molecule has 6 heteroatoms. The molecule has 0 saturated heterocycles. The van der Waals surface area contributed by atoms with E-state index in [0.717, 1.165) is 30.8 Å². The van der Waals surface area contributed by atoms with E-state index in [9.17, 15) is 0 Å². The fraction of sp³-hybridized carbons (Fsp3) is 0.412. The highest BCUT2D eigenvalue weighted by molar-refractivity contribution is 14.0. The zero-order valence-electron chi connectivity index (χ0n) is 13.4. The van der Waals surface area contributed by atoms with Crippen molar-refractivity contribution in [1.82, 2.24) is 20.2 Å². The first kappa shape index (κ1) is 17.8. The van der Waals surface area contributed by atoms with Gasteiger partial charge in [-0.3, -0.25) is 4.99 Å². The minimum atomic E-state index is 0. The van der Waals surface area contributed by atoms with Crippen molar-refractivity contribution in [2.75, 3.05) is 13.6 Å². The standard InChI is InChI=1S/C17H23N5.HI/c1-18-17(20-11-14-7-8-14)21-12-16-19-9-10-22(16)13-15-5-3-2-4-6-15;/h2-6,9-10,14H,7-8,11-13H2,1H3,(H2,18,20,21);1H. The summed E-state index contributed by atoms with van der Waals surface area (Å²) in [6.45, 7) is 2.52. The molecule has 0 amide bonds. The van der Waals surface area contributed by atoms with Gasteiger partial charge in [0, 0.05) is 32.5 Å². The van der Waals surface area contributed by atoms with Crippen molar-refractivity contribution in [1.29, 1.82) is 0 Å². The molecule has 0 aliphatic heterocycles. The van der Waals surface area contributed by atoms with Crippen LogP contribution in [-0.2, 0) is 13.1 Å². The first-order chi connectivity index (χ1) is 10.8. The number of aliphatic imine (C=N–C) groups is 1. The quantitative estimate of drug-likeness (QED) is 0.425. The summed E-state index contributed by atoms with van der Waals surface area (Å²) in [5.74, 6) is 2.69. The van der Waals surface area contributed by atoms with E-state index in [-0.39, 0.29) is 24.0 Å². The number of halogens is 1. The number of benzene rings is 1. The maximum absolute atomic E-state index is 4.44. The lowest BCUT2D eigenvalue weighted by atomic mass is 10.2. The van der Waals surface area contributed by atoms with Crippen LogP contribution in [0, 0.1) is 5.92 Å². The van der Waals surface area contributed by atoms with E-state index in [1.54, 1.807) is 7.05 Å². The molecule has 1 aliphatic carbocycles. The van der Waals surface area contributed by atoms with Crippen molar-refractivity contribution in [2.24, 2.45) is 10.9 Å². The van der Waals surface area contributed by atoms with Gasteiger partial charge in [-0.15, -0.1) is 24.0 Å². The van der Waals surface area contributed by atoms with E-state index in [0.29, 0.717) is 6.54 Å².